The van der Waals surface area contributed by atoms with Crippen LogP contribution >= 0.6 is 23.1 Å². The fourth-order valence-corrected chi connectivity index (χ4v) is 3.95. The van der Waals surface area contributed by atoms with E-state index in [4.69, 9.17) is 14.2 Å². The molecule has 0 spiro atoms. The van der Waals surface area contributed by atoms with Crippen LogP contribution in [-0.2, 0) is 0 Å². The summed E-state index contributed by atoms with van der Waals surface area (Å²) in [5.74, 6) is 1.11. The molecule has 1 atom stereocenters. The van der Waals surface area contributed by atoms with E-state index in [-0.39, 0.29) is 17.1 Å². The fraction of sp³-hybridized carbons (Fsp3) is 0.438. The highest BCUT2D eigenvalue weighted by atomic mass is 32.2. The highest BCUT2D eigenvalue weighted by molar-refractivity contribution is 8.02. The minimum absolute atomic E-state index is 0.0116. The van der Waals surface area contributed by atoms with Crippen molar-refractivity contribution in [1.82, 2.24) is 10.2 Å². The van der Waals surface area contributed by atoms with Crippen molar-refractivity contribution in [3.05, 3.63) is 23.8 Å². The van der Waals surface area contributed by atoms with Crippen molar-refractivity contribution in [2.45, 2.75) is 36.5 Å². The van der Waals surface area contributed by atoms with Crippen LogP contribution in [0.1, 0.15) is 31.1 Å². The number of ketones is 1. The second kappa shape index (κ2) is 8.34. The standard InChI is InChI=1S/C16H20N2O4S2/c1-9(2)22-15-17-18-16(24-15)23-10(3)14(19)11-6-7-12(20-4)13(8-11)21-5/h6-10H,1-5H3/t10-/m1/s1. The maximum Gasteiger partial charge on any atom is 0.295 e. The summed E-state index contributed by atoms with van der Waals surface area (Å²) in [6, 6.07) is 5.14. The molecular formula is C16H20N2O4S2. The quantitative estimate of drug-likeness (QED) is 0.519. The lowest BCUT2D eigenvalue weighted by molar-refractivity contribution is 0.0993. The average molecular weight is 368 g/mol. The molecule has 0 aliphatic rings. The molecule has 1 heterocycles. The molecule has 24 heavy (non-hydrogen) atoms. The van der Waals surface area contributed by atoms with E-state index in [1.165, 1.54) is 23.1 Å². The van der Waals surface area contributed by atoms with Gasteiger partial charge in [-0.05, 0) is 50.3 Å². The summed E-state index contributed by atoms with van der Waals surface area (Å²) in [5, 5.41) is 8.23. The minimum atomic E-state index is -0.303. The van der Waals surface area contributed by atoms with E-state index >= 15 is 0 Å². The third-order valence-electron chi connectivity index (χ3n) is 3.04. The summed E-state index contributed by atoms with van der Waals surface area (Å²) in [6.07, 6.45) is 0.0432. The molecular weight excluding hydrogens is 348 g/mol. The molecule has 0 N–H and O–H groups in total. The van der Waals surface area contributed by atoms with Crippen LogP contribution in [0.25, 0.3) is 0 Å². The predicted octanol–water partition coefficient (Wildman–Crippen LogP) is 3.71. The van der Waals surface area contributed by atoms with E-state index in [2.05, 4.69) is 10.2 Å². The summed E-state index contributed by atoms with van der Waals surface area (Å²) in [6.45, 7) is 5.70. The molecule has 0 aliphatic carbocycles. The van der Waals surface area contributed by atoms with Gasteiger partial charge < -0.3 is 14.2 Å². The van der Waals surface area contributed by atoms with Gasteiger partial charge in [-0.15, -0.1) is 5.10 Å². The largest absolute Gasteiger partial charge is 0.493 e. The highest BCUT2D eigenvalue weighted by Crippen LogP contribution is 2.33. The maximum atomic E-state index is 12.6. The Bertz CT molecular complexity index is 703. The number of hydrogen-bond donors (Lipinski definition) is 0. The number of methoxy groups -OCH3 is 2. The van der Waals surface area contributed by atoms with Crippen molar-refractivity contribution >= 4 is 28.9 Å². The zero-order valence-corrected chi connectivity index (χ0v) is 15.9. The summed E-state index contributed by atoms with van der Waals surface area (Å²) in [4.78, 5) is 12.6. The summed E-state index contributed by atoms with van der Waals surface area (Å²) < 4.78 is 16.6. The van der Waals surface area contributed by atoms with Gasteiger partial charge in [-0.1, -0.05) is 16.9 Å². The Hall–Kier alpha value is -1.80. The molecule has 0 fully saturated rings. The fourth-order valence-electron chi connectivity index (χ4n) is 1.92. The van der Waals surface area contributed by atoms with Crippen molar-refractivity contribution in [3.63, 3.8) is 0 Å². The average Bonchev–Trinajstić information content (AvgIpc) is 2.99. The molecule has 0 radical (unpaired) electrons. The van der Waals surface area contributed by atoms with E-state index in [1.54, 1.807) is 32.4 Å². The molecule has 1 aromatic carbocycles. The number of carbonyl (C=O) groups is 1. The molecule has 0 unspecified atom stereocenters. The van der Waals surface area contributed by atoms with Crippen LogP contribution in [0, 0.1) is 0 Å². The van der Waals surface area contributed by atoms with Gasteiger partial charge in [0, 0.05) is 5.56 Å². The Morgan fingerprint density at radius 2 is 1.83 bits per heavy atom. The molecule has 0 saturated carbocycles. The first-order valence-electron chi connectivity index (χ1n) is 7.37. The predicted molar refractivity (Wildman–Crippen MR) is 94.9 cm³/mol. The lowest BCUT2D eigenvalue weighted by atomic mass is 10.1. The van der Waals surface area contributed by atoms with Crippen molar-refractivity contribution in [3.8, 4) is 16.7 Å². The van der Waals surface area contributed by atoms with Gasteiger partial charge in [0.05, 0.1) is 25.6 Å². The Labute approximate surface area is 149 Å². The lowest BCUT2D eigenvalue weighted by Gasteiger charge is -2.11. The van der Waals surface area contributed by atoms with Crippen LogP contribution < -0.4 is 14.2 Å². The van der Waals surface area contributed by atoms with Gasteiger partial charge in [-0.2, -0.15) is 0 Å². The Balaban J connectivity index is 2.08. The third kappa shape index (κ3) is 4.61. The normalized spacial score (nSPS) is 12.1. The second-order valence-corrected chi connectivity index (χ2v) is 7.72. The van der Waals surface area contributed by atoms with Gasteiger partial charge in [-0.3, -0.25) is 4.79 Å². The molecule has 0 saturated heterocycles. The number of benzene rings is 1. The number of thioether (sulfide) groups is 1. The zero-order valence-electron chi connectivity index (χ0n) is 14.2. The second-order valence-electron chi connectivity index (χ2n) is 5.19. The molecule has 1 aromatic heterocycles. The molecule has 2 rings (SSSR count). The van der Waals surface area contributed by atoms with E-state index in [0.717, 1.165) is 0 Å². The van der Waals surface area contributed by atoms with Gasteiger partial charge in [0.2, 0.25) is 0 Å². The number of rotatable bonds is 8. The number of Topliss-reactive ketones (excluding diaryl/α,β-unsaturated/α-hetero) is 1. The van der Waals surface area contributed by atoms with Crippen LogP contribution in [0.4, 0.5) is 0 Å². The number of aromatic nitrogens is 2. The molecule has 0 amide bonds. The molecule has 8 heteroatoms. The van der Waals surface area contributed by atoms with Gasteiger partial charge in [0.1, 0.15) is 0 Å². The molecule has 6 nitrogen and oxygen atoms in total. The molecule has 0 aliphatic heterocycles. The van der Waals surface area contributed by atoms with Gasteiger partial charge in [0.25, 0.3) is 5.19 Å². The number of carbonyl (C=O) groups excluding carboxylic acids is 1. The smallest absolute Gasteiger partial charge is 0.295 e. The number of nitrogens with zero attached hydrogens (tertiary/aromatic N) is 2. The van der Waals surface area contributed by atoms with Gasteiger partial charge >= 0.3 is 0 Å². The van der Waals surface area contributed by atoms with Crippen LogP contribution in [0.2, 0.25) is 0 Å². The molecule has 0 bridgehead atoms. The monoisotopic (exact) mass is 368 g/mol. The zero-order chi connectivity index (χ0) is 17.7. The summed E-state index contributed by atoms with van der Waals surface area (Å²) in [5.41, 5.74) is 0.566. The van der Waals surface area contributed by atoms with Crippen molar-refractivity contribution in [2.24, 2.45) is 0 Å². The first-order valence-corrected chi connectivity index (χ1v) is 9.07. The van der Waals surface area contributed by atoms with E-state index in [9.17, 15) is 4.79 Å². The number of hydrogen-bond acceptors (Lipinski definition) is 8. The number of ether oxygens (including phenoxy) is 3. The Morgan fingerprint density at radius 1 is 1.12 bits per heavy atom. The van der Waals surface area contributed by atoms with Crippen LogP contribution in [0.5, 0.6) is 16.7 Å². The van der Waals surface area contributed by atoms with E-state index in [0.29, 0.717) is 26.6 Å². The summed E-state index contributed by atoms with van der Waals surface area (Å²) >= 11 is 2.70. The summed E-state index contributed by atoms with van der Waals surface area (Å²) in [7, 11) is 3.10. The Morgan fingerprint density at radius 3 is 2.46 bits per heavy atom. The van der Waals surface area contributed by atoms with Crippen LogP contribution in [-0.4, -0.2) is 41.6 Å². The van der Waals surface area contributed by atoms with E-state index in [1.807, 2.05) is 20.8 Å². The van der Waals surface area contributed by atoms with Gasteiger partial charge in [0.15, 0.2) is 21.6 Å². The van der Waals surface area contributed by atoms with Crippen molar-refractivity contribution in [2.75, 3.05) is 14.2 Å². The Kier molecular flexibility index (Phi) is 6.44. The molecule has 130 valence electrons. The SMILES string of the molecule is COc1ccc(C(=O)[C@@H](C)Sc2nnc(OC(C)C)s2)cc1OC. The third-order valence-corrected chi connectivity index (χ3v) is 5.04. The highest BCUT2D eigenvalue weighted by Gasteiger charge is 2.20. The van der Waals surface area contributed by atoms with Crippen LogP contribution in [0.15, 0.2) is 22.5 Å². The minimum Gasteiger partial charge on any atom is -0.493 e. The molecule has 2 aromatic rings. The topological polar surface area (TPSA) is 70.5 Å². The first-order chi connectivity index (χ1) is 11.4. The first kappa shape index (κ1) is 18.5. The van der Waals surface area contributed by atoms with Gasteiger partial charge in [-0.25, -0.2) is 0 Å². The van der Waals surface area contributed by atoms with E-state index < -0.39 is 0 Å². The lowest BCUT2D eigenvalue weighted by Crippen LogP contribution is -2.13. The maximum absolute atomic E-state index is 12.6. The van der Waals surface area contributed by atoms with Crippen molar-refractivity contribution < 1.29 is 19.0 Å². The van der Waals surface area contributed by atoms with Crippen molar-refractivity contribution in [1.29, 1.82) is 0 Å². The van der Waals surface area contributed by atoms with Crippen LogP contribution in [0.3, 0.4) is 0 Å².